The van der Waals surface area contributed by atoms with Gasteiger partial charge in [0.1, 0.15) is 12.6 Å². The highest BCUT2D eigenvalue weighted by molar-refractivity contribution is 5.85. The van der Waals surface area contributed by atoms with E-state index < -0.39 is 12.1 Å². The van der Waals surface area contributed by atoms with Crippen molar-refractivity contribution in [1.82, 2.24) is 15.1 Å². The summed E-state index contributed by atoms with van der Waals surface area (Å²) in [5.41, 5.74) is 9.05. The molecule has 4 rings (SSSR count). The van der Waals surface area contributed by atoms with Gasteiger partial charge in [0, 0.05) is 26.2 Å². The molecule has 0 radical (unpaired) electrons. The van der Waals surface area contributed by atoms with Crippen LogP contribution < -0.4 is 11.1 Å². The molecule has 7 nitrogen and oxygen atoms in total. The maximum Gasteiger partial charge on any atom is 0.408 e. The van der Waals surface area contributed by atoms with E-state index in [9.17, 15) is 9.59 Å². The molecule has 0 bridgehead atoms. The second-order valence-electron chi connectivity index (χ2n) is 9.63. The molecular formula is C31H38N4O3. The Morgan fingerprint density at radius 2 is 1.34 bits per heavy atom. The largest absolute Gasteiger partial charge is 0.445 e. The van der Waals surface area contributed by atoms with Gasteiger partial charge in [-0.3, -0.25) is 9.69 Å². The molecule has 38 heavy (non-hydrogen) atoms. The monoisotopic (exact) mass is 514 g/mol. The lowest BCUT2D eigenvalue weighted by atomic mass is 9.96. The van der Waals surface area contributed by atoms with E-state index in [-0.39, 0.29) is 18.6 Å². The zero-order valence-electron chi connectivity index (χ0n) is 21.9. The van der Waals surface area contributed by atoms with Gasteiger partial charge in [-0.05, 0) is 42.5 Å². The molecule has 1 aliphatic rings. The zero-order valence-corrected chi connectivity index (χ0v) is 21.9. The summed E-state index contributed by atoms with van der Waals surface area (Å²) in [4.78, 5) is 30.4. The first-order valence-electron chi connectivity index (χ1n) is 13.5. The van der Waals surface area contributed by atoms with E-state index in [0.29, 0.717) is 26.1 Å². The first-order chi connectivity index (χ1) is 18.7. The lowest BCUT2D eigenvalue weighted by molar-refractivity contribution is -0.135. The molecule has 1 heterocycles. The molecule has 1 saturated heterocycles. The topological polar surface area (TPSA) is 87.9 Å². The molecule has 0 saturated carbocycles. The normalized spacial score (nSPS) is 14.7. The number of nitrogens with two attached hydrogens (primary N) is 1. The Hall–Kier alpha value is -3.68. The lowest BCUT2D eigenvalue weighted by Gasteiger charge is -2.40. The molecule has 3 N–H and O–H groups in total. The van der Waals surface area contributed by atoms with Crippen LogP contribution in [0, 0.1) is 0 Å². The number of ether oxygens (including phenoxy) is 1. The van der Waals surface area contributed by atoms with E-state index >= 15 is 0 Å². The summed E-state index contributed by atoms with van der Waals surface area (Å²) in [7, 11) is 0. The number of benzene rings is 3. The van der Waals surface area contributed by atoms with Crippen LogP contribution in [0.4, 0.5) is 4.79 Å². The van der Waals surface area contributed by atoms with Crippen molar-refractivity contribution in [2.24, 2.45) is 5.73 Å². The van der Waals surface area contributed by atoms with E-state index in [0.717, 1.165) is 31.5 Å². The molecule has 3 aromatic rings. The molecular weight excluding hydrogens is 476 g/mol. The Morgan fingerprint density at radius 3 is 1.89 bits per heavy atom. The Morgan fingerprint density at radius 1 is 0.789 bits per heavy atom. The highest BCUT2D eigenvalue weighted by Crippen LogP contribution is 2.29. The van der Waals surface area contributed by atoms with Crippen LogP contribution in [0.2, 0.25) is 0 Å². The maximum absolute atomic E-state index is 13.5. The predicted molar refractivity (Wildman–Crippen MR) is 149 cm³/mol. The van der Waals surface area contributed by atoms with Crippen molar-refractivity contribution in [3.63, 3.8) is 0 Å². The van der Waals surface area contributed by atoms with Crippen LogP contribution in [0.1, 0.15) is 42.0 Å². The van der Waals surface area contributed by atoms with Gasteiger partial charge >= 0.3 is 6.09 Å². The Balaban J connectivity index is 1.38. The highest BCUT2D eigenvalue weighted by Gasteiger charge is 2.31. The van der Waals surface area contributed by atoms with Gasteiger partial charge in [-0.25, -0.2) is 4.79 Å². The zero-order chi connectivity index (χ0) is 26.6. The molecule has 1 unspecified atom stereocenters. The van der Waals surface area contributed by atoms with Gasteiger partial charge in [-0.1, -0.05) is 91.0 Å². The molecule has 0 aromatic heterocycles. The van der Waals surface area contributed by atoms with Crippen molar-refractivity contribution in [1.29, 1.82) is 0 Å². The van der Waals surface area contributed by atoms with Gasteiger partial charge < -0.3 is 20.7 Å². The maximum atomic E-state index is 13.5. The van der Waals surface area contributed by atoms with Crippen molar-refractivity contribution in [3.05, 3.63) is 108 Å². The van der Waals surface area contributed by atoms with Gasteiger partial charge in [0.05, 0.1) is 6.04 Å². The number of carbonyl (C=O) groups excluding carboxylic acids is 2. The molecule has 2 amide bonds. The number of amides is 2. The van der Waals surface area contributed by atoms with Crippen LogP contribution in [-0.2, 0) is 16.1 Å². The van der Waals surface area contributed by atoms with Gasteiger partial charge in [-0.15, -0.1) is 0 Å². The van der Waals surface area contributed by atoms with E-state index in [1.54, 1.807) is 0 Å². The number of rotatable bonds is 11. The van der Waals surface area contributed by atoms with Crippen molar-refractivity contribution < 1.29 is 14.3 Å². The van der Waals surface area contributed by atoms with Gasteiger partial charge in [0.15, 0.2) is 0 Å². The highest BCUT2D eigenvalue weighted by atomic mass is 16.5. The fraction of sp³-hybridized carbons (Fsp3) is 0.355. The number of hydrogen-bond acceptors (Lipinski definition) is 5. The van der Waals surface area contributed by atoms with E-state index in [4.69, 9.17) is 10.5 Å². The third-order valence-corrected chi connectivity index (χ3v) is 6.97. The second-order valence-corrected chi connectivity index (χ2v) is 9.63. The fourth-order valence-electron chi connectivity index (χ4n) is 4.96. The van der Waals surface area contributed by atoms with Crippen molar-refractivity contribution in [3.8, 4) is 0 Å². The van der Waals surface area contributed by atoms with Crippen molar-refractivity contribution in [2.45, 2.75) is 38.0 Å². The summed E-state index contributed by atoms with van der Waals surface area (Å²) in [6.07, 6.45) is 1.52. The van der Waals surface area contributed by atoms with E-state index in [1.807, 2.05) is 47.4 Å². The predicted octanol–water partition coefficient (Wildman–Crippen LogP) is 4.34. The summed E-state index contributed by atoms with van der Waals surface area (Å²) < 4.78 is 5.40. The van der Waals surface area contributed by atoms with Gasteiger partial charge in [-0.2, -0.15) is 0 Å². The summed E-state index contributed by atoms with van der Waals surface area (Å²) >= 11 is 0. The van der Waals surface area contributed by atoms with Crippen LogP contribution in [-0.4, -0.2) is 60.6 Å². The van der Waals surface area contributed by atoms with Crippen molar-refractivity contribution >= 4 is 12.0 Å². The number of piperazine rings is 1. The van der Waals surface area contributed by atoms with Crippen LogP contribution in [0.5, 0.6) is 0 Å². The number of nitrogens with one attached hydrogen (secondary N) is 1. The standard InChI is InChI=1S/C31H38N4O3/c32-19-11-10-18-28(33-31(37)38-24-25-12-4-1-5-13-25)30(36)35-22-20-34(21-23-35)29(26-14-6-2-7-15-26)27-16-8-3-9-17-27/h1-9,12-17,28-29H,10-11,18-24,32H2,(H,33,37). The minimum Gasteiger partial charge on any atom is -0.445 e. The number of unbranched alkanes of at least 4 members (excludes halogenated alkanes) is 1. The van der Waals surface area contributed by atoms with Crippen LogP contribution in [0.25, 0.3) is 0 Å². The molecule has 1 atom stereocenters. The number of alkyl carbamates (subject to hydrolysis) is 1. The second kappa shape index (κ2) is 14.3. The SMILES string of the molecule is NCCCCC(NC(=O)OCc1ccccc1)C(=O)N1CCN(C(c2ccccc2)c2ccccc2)CC1. The van der Waals surface area contributed by atoms with E-state index in [2.05, 4.69) is 58.7 Å². The number of nitrogens with zero attached hydrogens (tertiary/aromatic N) is 2. The van der Waals surface area contributed by atoms with E-state index in [1.165, 1.54) is 11.1 Å². The van der Waals surface area contributed by atoms with Gasteiger partial charge in [0.25, 0.3) is 0 Å². The van der Waals surface area contributed by atoms with Crippen molar-refractivity contribution in [2.75, 3.05) is 32.7 Å². The number of carbonyl (C=O) groups is 2. The minimum absolute atomic E-state index is 0.0608. The van der Waals surface area contributed by atoms with Gasteiger partial charge in [0.2, 0.25) is 5.91 Å². The number of hydrogen-bond donors (Lipinski definition) is 2. The Kier molecular flexibility index (Phi) is 10.3. The fourth-order valence-corrected chi connectivity index (χ4v) is 4.96. The quantitative estimate of drug-likeness (QED) is 0.372. The molecule has 0 spiro atoms. The summed E-state index contributed by atoms with van der Waals surface area (Å²) in [6, 6.07) is 30.0. The first-order valence-corrected chi connectivity index (χ1v) is 13.5. The van der Waals surface area contributed by atoms with Crippen LogP contribution in [0.15, 0.2) is 91.0 Å². The third kappa shape index (κ3) is 7.66. The summed E-state index contributed by atoms with van der Waals surface area (Å²) in [5.74, 6) is -0.0608. The summed E-state index contributed by atoms with van der Waals surface area (Å²) in [6.45, 7) is 3.41. The average Bonchev–Trinajstić information content (AvgIpc) is 2.97. The van der Waals surface area contributed by atoms with Crippen LogP contribution >= 0.6 is 0 Å². The third-order valence-electron chi connectivity index (χ3n) is 6.97. The Labute approximate surface area is 225 Å². The first kappa shape index (κ1) is 27.4. The molecule has 7 heteroatoms. The molecule has 1 aliphatic heterocycles. The smallest absolute Gasteiger partial charge is 0.408 e. The average molecular weight is 515 g/mol. The Bertz CT molecular complexity index is 1080. The molecule has 0 aliphatic carbocycles. The molecule has 1 fully saturated rings. The summed E-state index contributed by atoms with van der Waals surface area (Å²) in [5, 5.41) is 2.82. The molecule has 3 aromatic carbocycles. The lowest BCUT2D eigenvalue weighted by Crippen LogP contribution is -2.55. The molecule has 200 valence electrons. The minimum atomic E-state index is -0.629. The van der Waals surface area contributed by atoms with Crippen LogP contribution in [0.3, 0.4) is 0 Å².